The van der Waals surface area contributed by atoms with Crippen LogP contribution in [0.1, 0.15) is 25.0 Å². The second-order valence-electron chi connectivity index (χ2n) is 6.17. The summed E-state index contributed by atoms with van der Waals surface area (Å²) in [4.78, 5) is 41.6. The molecule has 8 heteroatoms. The van der Waals surface area contributed by atoms with Gasteiger partial charge in [0, 0.05) is 32.3 Å². The first-order chi connectivity index (χ1) is 12.0. The standard InChI is InChI=1S/C17H25N5O3/c1-12-5-3-7-14(19-12)20-16(24)13-6-4-9-22(11-13)10-8-15(23)21-17(25)18-2/h3,5,7,13H,4,6,8-11H2,1-2H3,(H,19,20,24)(H2,18,21,23,25)/t13-/m0/s1. The first kappa shape index (κ1) is 18.9. The fourth-order valence-corrected chi connectivity index (χ4v) is 2.82. The number of pyridine rings is 1. The molecule has 136 valence electrons. The molecule has 0 spiro atoms. The Bertz CT molecular complexity index is 634. The molecule has 2 heterocycles. The molecule has 0 bridgehead atoms. The topological polar surface area (TPSA) is 103 Å². The van der Waals surface area contributed by atoms with Crippen LogP contribution < -0.4 is 16.0 Å². The molecule has 25 heavy (non-hydrogen) atoms. The summed E-state index contributed by atoms with van der Waals surface area (Å²) in [6.07, 6.45) is 1.94. The Kier molecular flexibility index (Phi) is 6.88. The number of rotatable bonds is 5. The Labute approximate surface area is 147 Å². The van der Waals surface area contributed by atoms with Crippen LogP contribution in [0.4, 0.5) is 10.6 Å². The molecule has 1 fully saturated rings. The van der Waals surface area contributed by atoms with Gasteiger partial charge in [0.2, 0.25) is 11.8 Å². The number of amides is 4. The highest BCUT2D eigenvalue weighted by Gasteiger charge is 2.26. The quantitative estimate of drug-likeness (QED) is 0.734. The van der Waals surface area contributed by atoms with Crippen LogP contribution in [0, 0.1) is 12.8 Å². The summed E-state index contributed by atoms with van der Waals surface area (Å²) < 4.78 is 0. The Morgan fingerprint density at radius 3 is 2.84 bits per heavy atom. The zero-order valence-electron chi connectivity index (χ0n) is 14.7. The van der Waals surface area contributed by atoms with E-state index in [9.17, 15) is 14.4 Å². The van der Waals surface area contributed by atoms with Crippen molar-refractivity contribution >= 4 is 23.7 Å². The lowest BCUT2D eigenvalue weighted by molar-refractivity contribution is -0.121. The van der Waals surface area contributed by atoms with Crippen molar-refractivity contribution in [3.63, 3.8) is 0 Å². The van der Waals surface area contributed by atoms with Gasteiger partial charge in [0.05, 0.1) is 5.92 Å². The summed E-state index contributed by atoms with van der Waals surface area (Å²) in [6, 6.07) is 5.00. The smallest absolute Gasteiger partial charge is 0.321 e. The molecule has 8 nitrogen and oxygen atoms in total. The van der Waals surface area contributed by atoms with Gasteiger partial charge in [-0.05, 0) is 38.4 Å². The number of piperidine rings is 1. The van der Waals surface area contributed by atoms with Gasteiger partial charge in [-0.15, -0.1) is 0 Å². The summed E-state index contributed by atoms with van der Waals surface area (Å²) in [5, 5.41) is 7.44. The van der Waals surface area contributed by atoms with E-state index in [0.29, 0.717) is 18.9 Å². The van der Waals surface area contributed by atoms with E-state index in [1.165, 1.54) is 7.05 Å². The van der Waals surface area contributed by atoms with Gasteiger partial charge in [0.1, 0.15) is 5.82 Å². The van der Waals surface area contributed by atoms with Crippen LogP contribution in [0.3, 0.4) is 0 Å². The van der Waals surface area contributed by atoms with Crippen LogP contribution in [-0.4, -0.2) is 54.4 Å². The number of anilines is 1. The van der Waals surface area contributed by atoms with Gasteiger partial charge >= 0.3 is 6.03 Å². The summed E-state index contributed by atoms with van der Waals surface area (Å²) in [5.41, 5.74) is 0.852. The van der Waals surface area contributed by atoms with E-state index < -0.39 is 6.03 Å². The molecule has 0 saturated carbocycles. The molecule has 1 atom stereocenters. The molecule has 1 aromatic heterocycles. The number of urea groups is 1. The highest BCUT2D eigenvalue weighted by atomic mass is 16.2. The average molecular weight is 347 g/mol. The number of imide groups is 1. The van der Waals surface area contributed by atoms with Crippen molar-refractivity contribution in [2.75, 3.05) is 32.0 Å². The molecule has 0 aliphatic carbocycles. The monoisotopic (exact) mass is 347 g/mol. The Balaban J connectivity index is 1.80. The van der Waals surface area contributed by atoms with Crippen LogP contribution >= 0.6 is 0 Å². The summed E-state index contributed by atoms with van der Waals surface area (Å²) >= 11 is 0. The SMILES string of the molecule is CNC(=O)NC(=O)CCN1CCC[C@H](C(=O)Nc2cccc(C)n2)C1. The van der Waals surface area contributed by atoms with Crippen LogP contribution in [0.2, 0.25) is 0 Å². The third kappa shape index (κ3) is 6.15. The Morgan fingerprint density at radius 1 is 1.32 bits per heavy atom. The maximum atomic E-state index is 12.4. The second-order valence-corrected chi connectivity index (χ2v) is 6.17. The molecule has 1 aromatic rings. The van der Waals surface area contributed by atoms with E-state index >= 15 is 0 Å². The van der Waals surface area contributed by atoms with Crippen molar-refractivity contribution in [2.24, 2.45) is 5.92 Å². The highest BCUT2D eigenvalue weighted by molar-refractivity contribution is 5.94. The molecule has 4 amide bonds. The average Bonchev–Trinajstić information content (AvgIpc) is 2.60. The van der Waals surface area contributed by atoms with E-state index in [1.807, 2.05) is 19.1 Å². The normalized spacial score (nSPS) is 17.6. The van der Waals surface area contributed by atoms with Crippen molar-refractivity contribution in [1.29, 1.82) is 0 Å². The minimum atomic E-state index is -0.508. The zero-order valence-corrected chi connectivity index (χ0v) is 14.7. The lowest BCUT2D eigenvalue weighted by Crippen LogP contribution is -2.43. The molecular weight excluding hydrogens is 322 g/mol. The Hall–Kier alpha value is -2.48. The number of nitrogens with one attached hydrogen (secondary N) is 3. The fraction of sp³-hybridized carbons (Fsp3) is 0.529. The van der Waals surface area contributed by atoms with Crippen LogP contribution in [-0.2, 0) is 9.59 Å². The number of carbonyl (C=O) groups excluding carboxylic acids is 3. The first-order valence-electron chi connectivity index (χ1n) is 8.46. The van der Waals surface area contributed by atoms with Gasteiger partial charge < -0.3 is 15.5 Å². The second kappa shape index (κ2) is 9.12. The van der Waals surface area contributed by atoms with Gasteiger partial charge in [0.15, 0.2) is 0 Å². The number of likely N-dealkylation sites (tertiary alicyclic amines) is 1. The van der Waals surface area contributed by atoms with E-state index in [4.69, 9.17) is 0 Å². The van der Waals surface area contributed by atoms with Crippen molar-refractivity contribution in [3.8, 4) is 0 Å². The first-order valence-corrected chi connectivity index (χ1v) is 8.46. The highest BCUT2D eigenvalue weighted by Crippen LogP contribution is 2.18. The predicted molar refractivity (Wildman–Crippen MR) is 94.0 cm³/mol. The molecule has 1 aliphatic rings. The van der Waals surface area contributed by atoms with Crippen LogP contribution in [0.15, 0.2) is 18.2 Å². The van der Waals surface area contributed by atoms with Crippen molar-refractivity contribution in [1.82, 2.24) is 20.5 Å². The van der Waals surface area contributed by atoms with E-state index in [2.05, 4.69) is 25.8 Å². The van der Waals surface area contributed by atoms with Gasteiger partial charge in [-0.1, -0.05) is 6.07 Å². The number of hydrogen-bond donors (Lipinski definition) is 3. The summed E-state index contributed by atoms with van der Waals surface area (Å²) in [7, 11) is 1.46. The minimum Gasteiger partial charge on any atom is -0.341 e. The lowest BCUT2D eigenvalue weighted by atomic mass is 9.97. The molecule has 0 aromatic carbocycles. The molecular formula is C17H25N5O3. The van der Waals surface area contributed by atoms with Crippen molar-refractivity contribution < 1.29 is 14.4 Å². The summed E-state index contributed by atoms with van der Waals surface area (Å²) in [6.45, 7) is 3.85. The number of carbonyl (C=O) groups is 3. The van der Waals surface area contributed by atoms with E-state index in [0.717, 1.165) is 25.1 Å². The largest absolute Gasteiger partial charge is 0.341 e. The molecule has 1 saturated heterocycles. The maximum absolute atomic E-state index is 12.4. The van der Waals surface area contributed by atoms with Gasteiger partial charge in [-0.25, -0.2) is 9.78 Å². The van der Waals surface area contributed by atoms with Crippen molar-refractivity contribution in [2.45, 2.75) is 26.2 Å². The zero-order chi connectivity index (χ0) is 18.2. The number of nitrogens with zero attached hydrogens (tertiary/aromatic N) is 2. The number of aromatic nitrogens is 1. The van der Waals surface area contributed by atoms with Gasteiger partial charge in [-0.3, -0.25) is 14.9 Å². The van der Waals surface area contributed by atoms with Gasteiger partial charge in [0.25, 0.3) is 0 Å². The van der Waals surface area contributed by atoms with E-state index in [-0.39, 0.29) is 24.2 Å². The fourth-order valence-electron chi connectivity index (χ4n) is 2.82. The van der Waals surface area contributed by atoms with Crippen LogP contribution in [0.25, 0.3) is 0 Å². The third-order valence-electron chi connectivity index (χ3n) is 4.15. The molecule has 1 aliphatic heterocycles. The maximum Gasteiger partial charge on any atom is 0.321 e. The van der Waals surface area contributed by atoms with Gasteiger partial charge in [-0.2, -0.15) is 0 Å². The minimum absolute atomic E-state index is 0.0439. The molecule has 0 radical (unpaired) electrons. The molecule has 0 unspecified atom stereocenters. The lowest BCUT2D eigenvalue weighted by Gasteiger charge is -2.31. The predicted octanol–water partition coefficient (Wildman–Crippen LogP) is 0.886. The number of aryl methyl sites for hydroxylation is 1. The number of hydrogen-bond acceptors (Lipinski definition) is 5. The van der Waals surface area contributed by atoms with Crippen LogP contribution in [0.5, 0.6) is 0 Å². The molecule has 2 rings (SSSR count). The summed E-state index contributed by atoms with van der Waals surface area (Å²) in [5.74, 6) is 0.0673. The van der Waals surface area contributed by atoms with Crippen molar-refractivity contribution in [3.05, 3.63) is 23.9 Å². The molecule has 3 N–H and O–H groups in total. The Morgan fingerprint density at radius 2 is 2.12 bits per heavy atom. The third-order valence-corrected chi connectivity index (χ3v) is 4.15. The van der Waals surface area contributed by atoms with E-state index in [1.54, 1.807) is 6.07 Å².